The largest absolute Gasteiger partial charge is 0.443 e. The lowest BCUT2D eigenvalue weighted by atomic mass is 9.84. The number of ketones is 1. The van der Waals surface area contributed by atoms with Crippen LogP contribution in [-0.4, -0.2) is 28.9 Å². The molecule has 0 radical (unpaired) electrons. The Hall–Kier alpha value is -1.62. The number of hydrogen-bond acceptors (Lipinski definition) is 4. The van der Waals surface area contributed by atoms with Crippen LogP contribution in [0.2, 0.25) is 0 Å². The minimum Gasteiger partial charge on any atom is -0.443 e. The van der Waals surface area contributed by atoms with Crippen molar-refractivity contribution in [2.75, 3.05) is 6.54 Å². The number of thiophene rings is 1. The maximum absolute atomic E-state index is 12.5. The van der Waals surface area contributed by atoms with E-state index >= 15 is 0 Å². The number of fused-ring (bicyclic) bond motifs is 1. The van der Waals surface area contributed by atoms with Crippen LogP contribution in [0.5, 0.6) is 0 Å². The maximum atomic E-state index is 12.5. The molecule has 1 spiro atoms. The third-order valence-electron chi connectivity index (χ3n) is 4.78. The fourth-order valence-corrected chi connectivity index (χ4v) is 4.97. The molecule has 4 rings (SSSR count). The van der Waals surface area contributed by atoms with Gasteiger partial charge in [-0.3, -0.25) is 9.69 Å². The number of nitrogens with zero attached hydrogens (tertiary/aromatic N) is 1. The van der Waals surface area contributed by atoms with Crippen molar-refractivity contribution in [1.82, 2.24) is 4.90 Å². The smallest absolute Gasteiger partial charge is 0.414 e. The molecule has 1 aromatic rings. The molecule has 1 unspecified atom stereocenters. The van der Waals surface area contributed by atoms with Gasteiger partial charge in [-0.25, -0.2) is 4.79 Å². The van der Waals surface area contributed by atoms with Gasteiger partial charge in [0.1, 0.15) is 5.60 Å². The Morgan fingerprint density at radius 2 is 2.18 bits per heavy atom. The molecule has 22 heavy (non-hydrogen) atoms. The summed E-state index contributed by atoms with van der Waals surface area (Å²) < 4.78 is 5.51. The Morgan fingerprint density at radius 3 is 2.86 bits per heavy atom. The van der Waals surface area contributed by atoms with Crippen LogP contribution in [0.15, 0.2) is 17.2 Å². The highest BCUT2D eigenvalue weighted by Crippen LogP contribution is 2.67. The van der Waals surface area contributed by atoms with Gasteiger partial charge in [0.15, 0.2) is 5.78 Å². The first-order chi connectivity index (χ1) is 10.2. The molecule has 2 heterocycles. The molecule has 4 nitrogen and oxygen atoms in total. The second-order valence-electron chi connectivity index (χ2n) is 7.48. The summed E-state index contributed by atoms with van der Waals surface area (Å²) >= 11 is 1.53. The third kappa shape index (κ3) is 1.69. The molecule has 2 fully saturated rings. The van der Waals surface area contributed by atoms with Crippen molar-refractivity contribution in [2.45, 2.75) is 45.1 Å². The summed E-state index contributed by atoms with van der Waals surface area (Å²) in [5, 5.41) is 2.06. The summed E-state index contributed by atoms with van der Waals surface area (Å²) in [6, 6.07) is 0. The molecule has 1 saturated heterocycles. The molecule has 116 valence electrons. The summed E-state index contributed by atoms with van der Waals surface area (Å²) in [7, 11) is 0. The van der Waals surface area contributed by atoms with Crippen LogP contribution in [-0.2, 0) is 10.2 Å². The molecule has 1 amide bonds. The quantitative estimate of drug-likeness (QED) is 0.734. The maximum Gasteiger partial charge on any atom is 0.414 e. The summed E-state index contributed by atoms with van der Waals surface area (Å²) in [4.78, 5) is 27.4. The van der Waals surface area contributed by atoms with Crippen LogP contribution >= 0.6 is 11.3 Å². The molecule has 2 atom stereocenters. The molecule has 1 saturated carbocycles. The Balaban J connectivity index is 1.75. The van der Waals surface area contributed by atoms with Crippen molar-refractivity contribution in [3.8, 4) is 0 Å². The van der Waals surface area contributed by atoms with Gasteiger partial charge >= 0.3 is 6.09 Å². The first-order valence-corrected chi connectivity index (χ1v) is 8.47. The van der Waals surface area contributed by atoms with Gasteiger partial charge in [0, 0.05) is 23.7 Å². The number of aryl methyl sites for hydroxylation is 1. The van der Waals surface area contributed by atoms with Crippen molar-refractivity contribution in [3.63, 3.8) is 0 Å². The topological polar surface area (TPSA) is 46.6 Å². The lowest BCUT2D eigenvalue weighted by Gasteiger charge is -2.30. The fourth-order valence-electron chi connectivity index (χ4n) is 3.92. The van der Waals surface area contributed by atoms with Gasteiger partial charge < -0.3 is 4.74 Å². The van der Waals surface area contributed by atoms with Gasteiger partial charge in [0.05, 0.1) is 4.88 Å². The summed E-state index contributed by atoms with van der Waals surface area (Å²) in [6.45, 7) is 8.30. The van der Waals surface area contributed by atoms with Gasteiger partial charge in [-0.2, -0.15) is 0 Å². The Morgan fingerprint density at radius 1 is 1.45 bits per heavy atom. The SMILES string of the molecule is Cc1csc2c1[C@@]13CC1CN(C(=O)OC(C)(C)C)C3=CC2=O. The van der Waals surface area contributed by atoms with E-state index in [1.54, 1.807) is 11.0 Å². The minimum absolute atomic E-state index is 0.0230. The number of amides is 1. The van der Waals surface area contributed by atoms with Crippen LogP contribution < -0.4 is 0 Å². The molecule has 1 aliphatic heterocycles. The van der Waals surface area contributed by atoms with Crippen molar-refractivity contribution < 1.29 is 14.3 Å². The number of carbonyl (C=O) groups is 2. The highest BCUT2D eigenvalue weighted by Gasteiger charge is 2.68. The van der Waals surface area contributed by atoms with Crippen LogP contribution in [0.1, 0.15) is 48.0 Å². The zero-order valence-electron chi connectivity index (χ0n) is 13.2. The summed E-state index contributed by atoms with van der Waals surface area (Å²) in [6.07, 6.45) is 2.36. The van der Waals surface area contributed by atoms with Gasteiger partial charge in [0.25, 0.3) is 0 Å². The molecular weight excluding hydrogens is 298 g/mol. The van der Waals surface area contributed by atoms with E-state index in [0.29, 0.717) is 12.5 Å². The van der Waals surface area contributed by atoms with Crippen molar-refractivity contribution >= 4 is 23.2 Å². The molecule has 2 aliphatic carbocycles. The van der Waals surface area contributed by atoms with Gasteiger partial charge in [-0.05, 0) is 56.5 Å². The van der Waals surface area contributed by atoms with E-state index in [0.717, 1.165) is 22.6 Å². The third-order valence-corrected chi connectivity index (χ3v) is 5.89. The van der Waals surface area contributed by atoms with Crippen molar-refractivity contribution in [2.24, 2.45) is 5.92 Å². The predicted octanol–water partition coefficient (Wildman–Crippen LogP) is 3.65. The number of carbonyl (C=O) groups excluding carboxylic acids is 2. The molecule has 0 aromatic carbocycles. The molecule has 0 bridgehead atoms. The molecule has 1 aromatic heterocycles. The standard InChI is InChI=1S/C17H19NO3S/c1-9-8-22-14-11(19)5-12-17(13(9)14)6-10(17)7-18(12)15(20)21-16(2,3)4/h5,8,10H,6-7H2,1-4H3/t10?,17-/m0/s1. The van der Waals surface area contributed by atoms with Gasteiger partial charge in [-0.1, -0.05) is 0 Å². The van der Waals surface area contributed by atoms with Crippen LogP contribution in [0, 0.1) is 12.8 Å². The Bertz CT molecular complexity index is 740. The molecule has 3 aliphatic rings. The van der Waals surface area contributed by atoms with Gasteiger partial charge in [-0.15, -0.1) is 11.3 Å². The van der Waals surface area contributed by atoms with E-state index in [-0.39, 0.29) is 17.3 Å². The highest BCUT2D eigenvalue weighted by atomic mass is 32.1. The highest BCUT2D eigenvalue weighted by molar-refractivity contribution is 7.12. The fraction of sp³-hybridized carbons (Fsp3) is 0.529. The van der Waals surface area contributed by atoms with E-state index in [4.69, 9.17) is 4.74 Å². The molecule has 0 N–H and O–H groups in total. The minimum atomic E-state index is -0.528. The second-order valence-corrected chi connectivity index (χ2v) is 8.36. The average Bonchev–Trinajstić information content (AvgIpc) is 2.78. The van der Waals surface area contributed by atoms with Crippen molar-refractivity contribution in [3.05, 3.63) is 33.2 Å². The number of allylic oxidation sites excluding steroid dienone is 2. The average molecular weight is 317 g/mol. The second kappa shape index (κ2) is 4.02. The molecule has 5 heteroatoms. The van der Waals surface area contributed by atoms with Crippen LogP contribution in [0.4, 0.5) is 4.79 Å². The van der Waals surface area contributed by atoms with E-state index in [1.165, 1.54) is 16.9 Å². The Kier molecular flexibility index (Phi) is 2.56. The van der Waals surface area contributed by atoms with E-state index in [9.17, 15) is 9.59 Å². The van der Waals surface area contributed by atoms with E-state index in [2.05, 4.69) is 12.3 Å². The van der Waals surface area contributed by atoms with Crippen LogP contribution in [0.3, 0.4) is 0 Å². The monoisotopic (exact) mass is 317 g/mol. The summed E-state index contributed by atoms with van der Waals surface area (Å²) in [5.41, 5.74) is 2.55. The number of ether oxygens (including phenoxy) is 1. The normalized spacial score (nSPS) is 28.7. The van der Waals surface area contributed by atoms with Gasteiger partial charge in [0.2, 0.25) is 0 Å². The zero-order valence-corrected chi connectivity index (χ0v) is 14.0. The van der Waals surface area contributed by atoms with E-state index in [1.807, 2.05) is 20.8 Å². The first kappa shape index (κ1) is 14.0. The zero-order chi connectivity index (χ0) is 15.9. The number of piperidine rings is 1. The molecular formula is C17H19NO3S. The van der Waals surface area contributed by atoms with E-state index < -0.39 is 5.60 Å². The number of hydrogen-bond donors (Lipinski definition) is 0. The Labute approximate surface area is 133 Å². The lowest BCUT2D eigenvalue weighted by Crippen LogP contribution is -2.37. The van der Waals surface area contributed by atoms with Crippen LogP contribution in [0.25, 0.3) is 0 Å². The number of likely N-dealkylation sites (tertiary alicyclic amines) is 1. The lowest BCUT2D eigenvalue weighted by molar-refractivity contribution is 0.0322. The summed E-state index contributed by atoms with van der Waals surface area (Å²) in [5.74, 6) is 0.446. The van der Waals surface area contributed by atoms with Crippen molar-refractivity contribution in [1.29, 1.82) is 0 Å². The predicted molar refractivity (Wildman–Crippen MR) is 84.2 cm³/mol. The first-order valence-electron chi connectivity index (χ1n) is 7.59. The number of rotatable bonds is 0.